The van der Waals surface area contributed by atoms with Crippen LogP contribution in [0.25, 0.3) is 0 Å². The van der Waals surface area contributed by atoms with Crippen molar-refractivity contribution in [3.05, 3.63) is 18.6 Å². The Morgan fingerprint density at radius 2 is 2.44 bits per heavy atom. The highest BCUT2D eigenvalue weighted by molar-refractivity contribution is 5.90. The Balaban J connectivity index is 1.76. The minimum absolute atomic E-state index is 0.0365. The highest BCUT2D eigenvalue weighted by Gasteiger charge is 2.32. The number of nitrogens with one attached hydrogen (secondary N) is 2. The van der Waals surface area contributed by atoms with Crippen LogP contribution in [-0.2, 0) is 9.53 Å². The molecule has 0 aromatic carbocycles. The predicted octanol–water partition coefficient (Wildman–Crippen LogP) is -0.206. The van der Waals surface area contributed by atoms with E-state index in [2.05, 4.69) is 20.6 Å². The van der Waals surface area contributed by atoms with Gasteiger partial charge in [0.1, 0.15) is 6.61 Å². The van der Waals surface area contributed by atoms with E-state index >= 15 is 0 Å². The topological polar surface area (TPSA) is 76.1 Å². The molecule has 0 spiro atoms. The minimum atomic E-state index is -0.214. The van der Waals surface area contributed by atoms with Crippen LogP contribution in [0.4, 0.5) is 5.82 Å². The second kappa shape index (κ2) is 4.54. The summed E-state index contributed by atoms with van der Waals surface area (Å²) in [4.78, 5) is 19.3. The quantitative estimate of drug-likeness (QED) is 0.737. The van der Waals surface area contributed by atoms with Crippen LogP contribution in [0.15, 0.2) is 18.6 Å². The summed E-state index contributed by atoms with van der Waals surface area (Å²) < 4.78 is 5.48. The number of hydrogen-bond donors (Lipinski definition) is 2. The first kappa shape index (κ1) is 11.0. The third-order valence-electron chi connectivity index (χ3n) is 2.38. The fourth-order valence-corrected chi connectivity index (χ4v) is 1.36. The van der Waals surface area contributed by atoms with Crippen molar-refractivity contribution in [3.63, 3.8) is 0 Å². The van der Waals surface area contributed by atoms with E-state index in [0.717, 1.165) is 13.1 Å². The molecule has 0 radical (unpaired) electrons. The molecule has 0 aliphatic carbocycles. The van der Waals surface area contributed by atoms with Crippen molar-refractivity contribution in [2.45, 2.75) is 12.5 Å². The Labute approximate surface area is 93.4 Å². The molecular formula is C10H14N4O2. The van der Waals surface area contributed by atoms with E-state index in [9.17, 15) is 4.79 Å². The summed E-state index contributed by atoms with van der Waals surface area (Å²) in [5.41, 5.74) is -0.209. The Hall–Kier alpha value is -1.53. The number of hydrogen-bond acceptors (Lipinski definition) is 5. The van der Waals surface area contributed by atoms with Crippen molar-refractivity contribution in [2.24, 2.45) is 0 Å². The van der Waals surface area contributed by atoms with Gasteiger partial charge in [0.2, 0.25) is 0 Å². The molecule has 0 bridgehead atoms. The van der Waals surface area contributed by atoms with E-state index in [-0.39, 0.29) is 18.1 Å². The summed E-state index contributed by atoms with van der Waals surface area (Å²) in [7, 11) is 0. The standard InChI is InChI=1S/C10H14N4O2/c1-10(6-12-7-10)16-5-9(15)14-8-4-11-2-3-13-8/h2-4,12H,5-7H2,1H3,(H,13,14,15). The smallest absolute Gasteiger partial charge is 0.251 e. The van der Waals surface area contributed by atoms with Gasteiger partial charge in [0.15, 0.2) is 5.82 Å². The number of carbonyl (C=O) groups excluding carboxylic acids is 1. The molecule has 1 saturated heterocycles. The van der Waals surface area contributed by atoms with Crippen molar-refractivity contribution in [3.8, 4) is 0 Å². The lowest BCUT2D eigenvalue weighted by Crippen LogP contribution is -2.59. The summed E-state index contributed by atoms with van der Waals surface area (Å²) in [6, 6.07) is 0. The third-order valence-corrected chi connectivity index (χ3v) is 2.38. The Bertz CT molecular complexity index is 364. The third kappa shape index (κ3) is 2.74. The fraction of sp³-hybridized carbons (Fsp3) is 0.500. The van der Waals surface area contributed by atoms with Gasteiger partial charge in [-0.2, -0.15) is 0 Å². The van der Waals surface area contributed by atoms with Gasteiger partial charge in [-0.1, -0.05) is 0 Å². The largest absolute Gasteiger partial charge is 0.363 e. The number of amides is 1. The highest BCUT2D eigenvalue weighted by Crippen LogP contribution is 2.14. The number of rotatable bonds is 4. The van der Waals surface area contributed by atoms with Gasteiger partial charge < -0.3 is 15.4 Å². The van der Waals surface area contributed by atoms with Gasteiger partial charge in [-0.25, -0.2) is 4.98 Å². The van der Waals surface area contributed by atoms with Crippen LogP contribution < -0.4 is 10.6 Å². The zero-order chi connectivity index (χ0) is 11.4. The maximum absolute atomic E-state index is 11.5. The number of anilines is 1. The average Bonchev–Trinajstić information content (AvgIpc) is 2.25. The first-order valence-electron chi connectivity index (χ1n) is 5.08. The van der Waals surface area contributed by atoms with E-state index in [0.29, 0.717) is 5.82 Å². The Kier molecular flexibility index (Phi) is 3.12. The average molecular weight is 222 g/mol. The Morgan fingerprint density at radius 3 is 3.00 bits per heavy atom. The van der Waals surface area contributed by atoms with E-state index in [1.165, 1.54) is 12.4 Å². The van der Waals surface area contributed by atoms with Gasteiger partial charge in [0.25, 0.3) is 5.91 Å². The lowest BCUT2D eigenvalue weighted by atomic mass is 10.0. The summed E-state index contributed by atoms with van der Waals surface area (Å²) in [5.74, 6) is 0.224. The molecule has 0 atom stereocenters. The van der Waals surface area contributed by atoms with Crippen LogP contribution in [0.1, 0.15) is 6.92 Å². The fourth-order valence-electron chi connectivity index (χ4n) is 1.36. The molecule has 1 aromatic heterocycles. The van der Waals surface area contributed by atoms with Crippen LogP contribution in [0, 0.1) is 0 Å². The molecule has 1 aliphatic heterocycles. The number of aromatic nitrogens is 2. The first-order chi connectivity index (χ1) is 7.68. The van der Waals surface area contributed by atoms with Gasteiger partial charge in [-0.05, 0) is 6.92 Å². The van der Waals surface area contributed by atoms with Crippen molar-refractivity contribution < 1.29 is 9.53 Å². The molecule has 2 N–H and O–H groups in total. The zero-order valence-corrected chi connectivity index (χ0v) is 9.06. The molecule has 1 aromatic rings. The molecule has 2 heterocycles. The van der Waals surface area contributed by atoms with Crippen molar-refractivity contribution in [1.82, 2.24) is 15.3 Å². The van der Waals surface area contributed by atoms with Gasteiger partial charge >= 0.3 is 0 Å². The summed E-state index contributed by atoms with van der Waals surface area (Å²) in [6.07, 6.45) is 4.56. The minimum Gasteiger partial charge on any atom is -0.363 e. The van der Waals surface area contributed by atoms with E-state index < -0.39 is 0 Å². The lowest BCUT2D eigenvalue weighted by molar-refractivity contribution is -0.130. The van der Waals surface area contributed by atoms with Gasteiger partial charge in [-0.15, -0.1) is 0 Å². The first-order valence-corrected chi connectivity index (χ1v) is 5.08. The van der Waals surface area contributed by atoms with Crippen molar-refractivity contribution in [1.29, 1.82) is 0 Å². The van der Waals surface area contributed by atoms with Gasteiger partial charge in [-0.3, -0.25) is 9.78 Å². The number of ether oxygens (including phenoxy) is 1. The van der Waals surface area contributed by atoms with Crippen molar-refractivity contribution in [2.75, 3.05) is 25.0 Å². The number of carbonyl (C=O) groups is 1. The molecule has 1 amide bonds. The molecule has 6 heteroatoms. The van der Waals surface area contributed by atoms with Gasteiger partial charge in [0, 0.05) is 25.5 Å². The summed E-state index contributed by atoms with van der Waals surface area (Å²) in [6.45, 7) is 3.57. The maximum Gasteiger partial charge on any atom is 0.251 e. The van der Waals surface area contributed by atoms with E-state index in [1.54, 1.807) is 6.20 Å². The molecule has 1 aliphatic rings. The lowest BCUT2D eigenvalue weighted by Gasteiger charge is -2.38. The second-order valence-corrected chi connectivity index (χ2v) is 3.98. The van der Waals surface area contributed by atoms with Crippen LogP contribution >= 0.6 is 0 Å². The normalized spacial score (nSPS) is 17.6. The van der Waals surface area contributed by atoms with E-state index in [1.807, 2.05) is 6.92 Å². The molecule has 2 rings (SSSR count). The molecular weight excluding hydrogens is 208 g/mol. The second-order valence-electron chi connectivity index (χ2n) is 3.98. The van der Waals surface area contributed by atoms with Gasteiger partial charge in [0.05, 0.1) is 11.8 Å². The zero-order valence-electron chi connectivity index (χ0n) is 9.06. The van der Waals surface area contributed by atoms with Crippen LogP contribution in [0.3, 0.4) is 0 Å². The van der Waals surface area contributed by atoms with Crippen LogP contribution in [0.5, 0.6) is 0 Å². The summed E-state index contributed by atoms with van der Waals surface area (Å²) >= 11 is 0. The SMILES string of the molecule is CC1(OCC(=O)Nc2cnccn2)CNC1. The van der Waals surface area contributed by atoms with E-state index in [4.69, 9.17) is 4.74 Å². The molecule has 16 heavy (non-hydrogen) atoms. The molecule has 0 unspecified atom stereocenters. The molecule has 6 nitrogen and oxygen atoms in total. The predicted molar refractivity (Wildman–Crippen MR) is 57.9 cm³/mol. The van der Waals surface area contributed by atoms with Crippen LogP contribution in [0.2, 0.25) is 0 Å². The highest BCUT2D eigenvalue weighted by atomic mass is 16.5. The molecule has 0 saturated carbocycles. The van der Waals surface area contributed by atoms with Crippen molar-refractivity contribution >= 4 is 11.7 Å². The van der Waals surface area contributed by atoms with Crippen LogP contribution in [-0.4, -0.2) is 41.2 Å². The number of nitrogens with zero attached hydrogens (tertiary/aromatic N) is 2. The molecule has 1 fully saturated rings. The maximum atomic E-state index is 11.5. The molecule has 86 valence electrons. The monoisotopic (exact) mass is 222 g/mol. The summed E-state index contributed by atoms with van der Waals surface area (Å²) in [5, 5.41) is 5.70. The Morgan fingerprint density at radius 1 is 1.62 bits per heavy atom.